The highest BCUT2D eigenvalue weighted by atomic mass is 79.9. The maximum absolute atomic E-state index is 6.17. The van der Waals surface area contributed by atoms with Gasteiger partial charge in [-0.15, -0.1) is 23.1 Å². The Kier molecular flexibility index (Phi) is 5.76. The Labute approximate surface area is 132 Å². The van der Waals surface area contributed by atoms with E-state index in [2.05, 4.69) is 55.4 Å². The van der Waals surface area contributed by atoms with Crippen LogP contribution in [0.5, 0.6) is 0 Å². The van der Waals surface area contributed by atoms with Crippen LogP contribution in [0.2, 0.25) is 0 Å². The standard InChI is InChI=1S/C13H13Br2NS2/c14-9-2-1-3-11(6-9)18-8-10(16)7-13-12(15)4-5-17-13/h1-6,10H,7-8,16H2. The second kappa shape index (κ2) is 7.10. The lowest BCUT2D eigenvalue weighted by Gasteiger charge is -2.10. The van der Waals surface area contributed by atoms with Gasteiger partial charge < -0.3 is 5.73 Å². The monoisotopic (exact) mass is 405 g/mol. The Morgan fingerprint density at radius 3 is 2.78 bits per heavy atom. The van der Waals surface area contributed by atoms with Crippen LogP contribution in [-0.2, 0) is 6.42 Å². The second-order valence-electron chi connectivity index (χ2n) is 3.92. The van der Waals surface area contributed by atoms with Gasteiger partial charge in [0, 0.05) is 30.5 Å². The zero-order valence-corrected chi connectivity index (χ0v) is 14.4. The predicted molar refractivity (Wildman–Crippen MR) is 88.6 cm³/mol. The molecule has 0 saturated carbocycles. The summed E-state index contributed by atoms with van der Waals surface area (Å²) < 4.78 is 2.29. The van der Waals surface area contributed by atoms with Gasteiger partial charge in [0.15, 0.2) is 0 Å². The summed E-state index contributed by atoms with van der Waals surface area (Å²) >= 11 is 10.6. The molecule has 0 bridgehead atoms. The fraction of sp³-hybridized carbons (Fsp3) is 0.231. The number of benzene rings is 1. The highest BCUT2D eigenvalue weighted by Gasteiger charge is 2.09. The molecule has 2 aromatic rings. The summed E-state index contributed by atoms with van der Waals surface area (Å²) in [4.78, 5) is 2.59. The molecule has 0 amide bonds. The Balaban J connectivity index is 1.85. The van der Waals surface area contributed by atoms with E-state index in [4.69, 9.17) is 5.73 Å². The van der Waals surface area contributed by atoms with Gasteiger partial charge in [0.2, 0.25) is 0 Å². The Hall–Kier alpha value is 0.190. The fourth-order valence-corrected chi connectivity index (χ4v) is 4.60. The van der Waals surface area contributed by atoms with E-state index in [-0.39, 0.29) is 6.04 Å². The number of nitrogens with two attached hydrogens (primary N) is 1. The van der Waals surface area contributed by atoms with Crippen LogP contribution in [0.25, 0.3) is 0 Å². The molecule has 0 spiro atoms. The maximum atomic E-state index is 6.17. The zero-order valence-electron chi connectivity index (χ0n) is 9.61. The number of hydrogen-bond acceptors (Lipinski definition) is 3. The molecule has 0 radical (unpaired) electrons. The highest BCUT2D eigenvalue weighted by molar-refractivity contribution is 9.10. The maximum Gasteiger partial charge on any atom is 0.0314 e. The van der Waals surface area contributed by atoms with Gasteiger partial charge in [0.1, 0.15) is 0 Å². The van der Waals surface area contributed by atoms with Crippen molar-refractivity contribution >= 4 is 55.0 Å². The number of halogens is 2. The molecule has 0 aliphatic rings. The van der Waals surface area contributed by atoms with Gasteiger partial charge in [-0.1, -0.05) is 22.0 Å². The molecule has 0 aliphatic carbocycles. The van der Waals surface area contributed by atoms with Crippen LogP contribution in [0.4, 0.5) is 0 Å². The summed E-state index contributed by atoms with van der Waals surface area (Å²) in [7, 11) is 0. The molecule has 1 unspecified atom stereocenters. The van der Waals surface area contributed by atoms with E-state index >= 15 is 0 Å². The zero-order chi connectivity index (χ0) is 13.0. The summed E-state index contributed by atoms with van der Waals surface area (Å²) in [6, 6.07) is 10.6. The molecule has 0 saturated heterocycles. The van der Waals surface area contributed by atoms with Crippen LogP contribution < -0.4 is 5.73 Å². The third-order valence-corrected chi connectivity index (χ3v) is 6.02. The van der Waals surface area contributed by atoms with E-state index in [1.807, 2.05) is 12.1 Å². The molecule has 2 rings (SSSR count). The van der Waals surface area contributed by atoms with Crippen molar-refractivity contribution in [2.24, 2.45) is 5.73 Å². The quantitative estimate of drug-likeness (QED) is 0.712. The molecule has 1 nitrogen and oxygen atoms in total. The number of thioether (sulfide) groups is 1. The van der Waals surface area contributed by atoms with E-state index in [0.717, 1.165) is 16.6 Å². The summed E-state index contributed by atoms with van der Waals surface area (Å²) in [5.41, 5.74) is 6.17. The van der Waals surface area contributed by atoms with Crippen molar-refractivity contribution in [2.75, 3.05) is 5.75 Å². The normalized spacial score (nSPS) is 12.6. The lowest BCUT2D eigenvalue weighted by atomic mass is 10.2. The van der Waals surface area contributed by atoms with E-state index in [1.165, 1.54) is 14.2 Å². The van der Waals surface area contributed by atoms with Crippen LogP contribution in [0, 0.1) is 0 Å². The minimum Gasteiger partial charge on any atom is -0.327 e. The first-order valence-electron chi connectivity index (χ1n) is 5.51. The predicted octanol–water partition coefficient (Wildman–Crippen LogP) is 4.94. The van der Waals surface area contributed by atoms with E-state index < -0.39 is 0 Å². The van der Waals surface area contributed by atoms with Gasteiger partial charge in [0.25, 0.3) is 0 Å². The first-order valence-corrected chi connectivity index (χ1v) is 8.96. The number of thiophene rings is 1. The Bertz CT molecular complexity index is 513. The molecule has 18 heavy (non-hydrogen) atoms. The summed E-state index contributed by atoms with van der Waals surface area (Å²) in [6.07, 6.45) is 0.930. The summed E-state index contributed by atoms with van der Waals surface area (Å²) in [5, 5.41) is 2.09. The van der Waals surface area contributed by atoms with Crippen molar-refractivity contribution in [2.45, 2.75) is 17.4 Å². The number of rotatable bonds is 5. The number of hydrogen-bond donors (Lipinski definition) is 1. The van der Waals surface area contributed by atoms with Crippen molar-refractivity contribution < 1.29 is 0 Å². The Morgan fingerprint density at radius 2 is 2.11 bits per heavy atom. The minimum atomic E-state index is 0.184. The van der Waals surface area contributed by atoms with Gasteiger partial charge in [-0.2, -0.15) is 0 Å². The van der Waals surface area contributed by atoms with Gasteiger partial charge in [0.05, 0.1) is 0 Å². The topological polar surface area (TPSA) is 26.0 Å². The van der Waals surface area contributed by atoms with Crippen molar-refractivity contribution in [3.8, 4) is 0 Å². The second-order valence-corrected chi connectivity index (χ2v) is 7.79. The molecule has 1 aromatic heterocycles. The first kappa shape index (κ1) is 14.6. The smallest absolute Gasteiger partial charge is 0.0314 e. The minimum absolute atomic E-state index is 0.184. The first-order chi connectivity index (χ1) is 8.65. The Morgan fingerprint density at radius 1 is 1.28 bits per heavy atom. The van der Waals surface area contributed by atoms with E-state index in [1.54, 1.807) is 23.1 Å². The molecular weight excluding hydrogens is 394 g/mol. The molecule has 0 aliphatic heterocycles. The van der Waals surface area contributed by atoms with Crippen molar-refractivity contribution in [1.82, 2.24) is 0 Å². The van der Waals surface area contributed by atoms with Crippen LogP contribution in [0.15, 0.2) is 49.6 Å². The molecular formula is C13H13Br2NS2. The van der Waals surface area contributed by atoms with Crippen LogP contribution in [-0.4, -0.2) is 11.8 Å². The molecule has 5 heteroatoms. The van der Waals surface area contributed by atoms with E-state index in [9.17, 15) is 0 Å². The SMILES string of the molecule is NC(CSc1cccc(Br)c1)Cc1sccc1Br. The molecule has 0 fully saturated rings. The lowest BCUT2D eigenvalue weighted by Crippen LogP contribution is -2.25. The van der Waals surface area contributed by atoms with Crippen LogP contribution in [0.3, 0.4) is 0 Å². The van der Waals surface area contributed by atoms with Crippen LogP contribution in [0.1, 0.15) is 4.88 Å². The molecule has 1 aromatic carbocycles. The van der Waals surface area contributed by atoms with Gasteiger partial charge in [-0.05, 0) is 52.0 Å². The largest absolute Gasteiger partial charge is 0.327 e. The molecule has 2 N–H and O–H groups in total. The summed E-state index contributed by atoms with van der Waals surface area (Å²) in [5.74, 6) is 0.931. The van der Waals surface area contributed by atoms with Crippen molar-refractivity contribution in [3.05, 3.63) is 49.5 Å². The average molecular weight is 407 g/mol. The van der Waals surface area contributed by atoms with Gasteiger partial charge in [-0.25, -0.2) is 0 Å². The molecule has 1 atom stereocenters. The fourth-order valence-electron chi connectivity index (χ4n) is 1.53. The lowest BCUT2D eigenvalue weighted by molar-refractivity contribution is 0.756. The van der Waals surface area contributed by atoms with E-state index in [0.29, 0.717) is 0 Å². The highest BCUT2D eigenvalue weighted by Crippen LogP contribution is 2.26. The average Bonchev–Trinajstić information content (AvgIpc) is 2.73. The van der Waals surface area contributed by atoms with Crippen LogP contribution >= 0.6 is 55.0 Å². The summed E-state index contributed by atoms with van der Waals surface area (Å²) in [6.45, 7) is 0. The van der Waals surface area contributed by atoms with Crippen molar-refractivity contribution in [1.29, 1.82) is 0 Å². The third kappa shape index (κ3) is 4.38. The van der Waals surface area contributed by atoms with Gasteiger partial charge >= 0.3 is 0 Å². The molecule has 1 heterocycles. The third-order valence-electron chi connectivity index (χ3n) is 2.40. The van der Waals surface area contributed by atoms with Crippen molar-refractivity contribution in [3.63, 3.8) is 0 Å². The molecule has 96 valence electrons. The van der Waals surface area contributed by atoms with Gasteiger partial charge in [-0.3, -0.25) is 0 Å².